The molecule has 0 fully saturated rings. The van der Waals surface area contributed by atoms with E-state index in [1.807, 2.05) is 30.3 Å². The van der Waals surface area contributed by atoms with Gasteiger partial charge in [-0.1, -0.05) is 54.1 Å². The Labute approximate surface area is 154 Å². The van der Waals surface area contributed by atoms with Gasteiger partial charge in [-0.2, -0.15) is 0 Å². The van der Waals surface area contributed by atoms with E-state index in [9.17, 15) is 9.59 Å². The van der Waals surface area contributed by atoms with Gasteiger partial charge in [-0.25, -0.2) is 9.36 Å². The summed E-state index contributed by atoms with van der Waals surface area (Å²) < 4.78 is 2.82. The summed E-state index contributed by atoms with van der Waals surface area (Å²) in [6.07, 6.45) is 0. The first-order chi connectivity index (χ1) is 12.6. The maximum absolute atomic E-state index is 13.2. The van der Waals surface area contributed by atoms with Crippen LogP contribution in [0.1, 0.15) is 5.56 Å². The summed E-state index contributed by atoms with van der Waals surface area (Å²) in [6.45, 7) is 0.326. The van der Waals surface area contributed by atoms with Gasteiger partial charge in [0.15, 0.2) is 0 Å². The van der Waals surface area contributed by atoms with Gasteiger partial charge in [-0.05, 0) is 42.0 Å². The summed E-state index contributed by atoms with van der Waals surface area (Å²) in [4.78, 5) is 26.1. The van der Waals surface area contributed by atoms with Gasteiger partial charge < -0.3 is 0 Å². The van der Waals surface area contributed by atoms with Gasteiger partial charge >= 0.3 is 5.69 Å². The number of benzene rings is 3. The first-order valence-corrected chi connectivity index (χ1v) is 8.57. The van der Waals surface area contributed by atoms with Crippen molar-refractivity contribution >= 4 is 22.5 Å². The first kappa shape index (κ1) is 16.4. The lowest BCUT2D eigenvalue weighted by atomic mass is 10.2. The van der Waals surface area contributed by atoms with Gasteiger partial charge in [0.05, 0.1) is 23.1 Å². The lowest BCUT2D eigenvalue weighted by Crippen LogP contribution is -2.39. The third kappa shape index (κ3) is 2.85. The molecule has 1 aromatic heterocycles. The highest BCUT2D eigenvalue weighted by atomic mass is 35.5. The molecule has 128 valence electrons. The van der Waals surface area contributed by atoms with E-state index in [2.05, 4.69) is 0 Å². The fraction of sp³-hybridized carbons (Fsp3) is 0.0476. The molecule has 0 unspecified atom stereocenters. The smallest absolute Gasteiger partial charge is 0.288 e. The summed E-state index contributed by atoms with van der Waals surface area (Å²) in [6, 6.07) is 23.5. The van der Waals surface area contributed by atoms with Crippen LogP contribution in [0.2, 0.25) is 5.02 Å². The molecule has 1 heterocycles. The second kappa shape index (κ2) is 6.65. The fourth-order valence-electron chi connectivity index (χ4n) is 3.10. The fourth-order valence-corrected chi connectivity index (χ4v) is 3.31. The van der Waals surface area contributed by atoms with Gasteiger partial charge in [0, 0.05) is 5.02 Å². The molecule has 0 amide bonds. The Hall–Kier alpha value is -3.11. The van der Waals surface area contributed by atoms with Crippen molar-refractivity contribution in [2.75, 3.05) is 0 Å². The van der Waals surface area contributed by atoms with Crippen LogP contribution in [0, 0.1) is 0 Å². The van der Waals surface area contributed by atoms with Crippen LogP contribution >= 0.6 is 11.6 Å². The number of halogens is 1. The van der Waals surface area contributed by atoms with Crippen molar-refractivity contribution in [1.82, 2.24) is 9.13 Å². The third-order valence-electron chi connectivity index (χ3n) is 4.29. The SMILES string of the molecule is O=c1c2ccccc2n(Cc2cccc(Cl)c2)c(=O)n1-c1ccccc1. The molecule has 0 saturated carbocycles. The van der Waals surface area contributed by atoms with Crippen LogP contribution in [0.3, 0.4) is 0 Å². The van der Waals surface area contributed by atoms with Crippen LogP contribution in [0.4, 0.5) is 0 Å². The molecule has 0 spiro atoms. The van der Waals surface area contributed by atoms with E-state index in [4.69, 9.17) is 11.6 Å². The van der Waals surface area contributed by atoms with Crippen LogP contribution in [0.5, 0.6) is 0 Å². The van der Waals surface area contributed by atoms with Crippen molar-refractivity contribution in [3.8, 4) is 5.69 Å². The molecule has 0 saturated heterocycles. The number of fused-ring (bicyclic) bond motifs is 1. The molecule has 0 N–H and O–H groups in total. The molecule has 0 atom stereocenters. The van der Waals surface area contributed by atoms with E-state index < -0.39 is 0 Å². The Morgan fingerprint density at radius 1 is 0.808 bits per heavy atom. The zero-order valence-electron chi connectivity index (χ0n) is 13.8. The van der Waals surface area contributed by atoms with Gasteiger partial charge in [0.1, 0.15) is 0 Å². The molecular weight excluding hydrogens is 348 g/mol. The van der Waals surface area contributed by atoms with Crippen molar-refractivity contribution in [1.29, 1.82) is 0 Å². The largest absolute Gasteiger partial charge is 0.336 e. The summed E-state index contributed by atoms with van der Waals surface area (Å²) in [7, 11) is 0. The number of aromatic nitrogens is 2. The van der Waals surface area contributed by atoms with E-state index in [1.165, 1.54) is 4.57 Å². The van der Waals surface area contributed by atoms with E-state index in [-0.39, 0.29) is 11.2 Å². The quantitative estimate of drug-likeness (QED) is 0.555. The van der Waals surface area contributed by atoms with Gasteiger partial charge in [0.2, 0.25) is 0 Å². The molecule has 0 bridgehead atoms. The van der Waals surface area contributed by atoms with Crippen LogP contribution in [-0.2, 0) is 6.54 Å². The topological polar surface area (TPSA) is 44.0 Å². The van der Waals surface area contributed by atoms with Crippen molar-refractivity contribution < 1.29 is 0 Å². The van der Waals surface area contributed by atoms with Gasteiger partial charge in [0.25, 0.3) is 5.56 Å². The average molecular weight is 363 g/mol. The molecule has 5 heteroatoms. The molecule has 0 aliphatic carbocycles. The summed E-state index contributed by atoms with van der Waals surface area (Å²) in [5.41, 5.74) is 1.35. The third-order valence-corrected chi connectivity index (χ3v) is 4.53. The molecule has 4 rings (SSSR count). The second-order valence-corrected chi connectivity index (χ2v) is 6.43. The standard InChI is InChI=1S/C21H15ClN2O2/c22-16-8-6-7-15(13-16)14-23-19-12-5-4-11-18(19)20(25)24(21(23)26)17-9-2-1-3-10-17/h1-13H,14H2. The molecule has 0 aliphatic rings. The Morgan fingerprint density at radius 3 is 2.31 bits per heavy atom. The molecule has 0 radical (unpaired) electrons. The molecular formula is C21H15ClN2O2. The number of hydrogen-bond acceptors (Lipinski definition) is 2. The van der Waals surface area contributed by atoms with E-state index in [0.717, 1.165) is 5.56 Å². The lowest BCUT2D eigenvalue weighted by molar-refractivity contribution is 0.714. The predicted octanol–water partition coefficient (Wildman–Crippen LogP) is 3.85. The van der Waals surface area contributed by atoms with Crippen molar-refractivity contribution in [2.45, 2.75) is 6.54 Å². The first-order valence-electron chi connectivity index (χ1n) is 8.19. The van der Waals surface area contributed by atoms with Crippen LogP contribution in [-0.4, -0.2) is 9.13 Å². The molecule has 3 aromatic carbocycles. The average Bonchev–Trinajstić information content (AvgIpc) is 2.66. The van der Waals surface area contributed by atoms with E-state index >= 15 is 0 Å². The number of rotatable bonds is 3. The zero-order valence-corrected chi connectivity index (χ0v) is 14.6. The summed E-state index contributed by atoms with van der Waals surface area (Å²) in [5.74, 6) is 0. The van der Waals surface area contributed by atoms with E-state index in [0.29, 0.717) is 28.2 Å². The highest BCUT2D eigenvalue weighted by molar-refractivity contribution is 6.30. The second-order valence-electron chi connectivity index (χ2n) is 5.99. The summed E-state index contributed by atoms with van der Waals surface area (Å²) >= 11 is 6.08. The van der Waals surface area contributed by atoms with E-state index in [1.54, 1.807) is 53.1 Å². The number of nitrogens with zero attached hydrogens (tertiary/aromatic N) is 2. The van der Waals surface area contributed by atoms with Gasteiger partial charge in [-0.15, -0.1) is 0 Å². The Bertz CT molecular complexity index is 1210. The van der Waals surface area contributed by atoms with Crippen molar-refractivity contribution in [2.24, 2.45) is 0 Å². The zero-order chi connectivity index (χ0) is 18.1. The normalized spacial score (nSPS) is 11.0. The number of para-hydroxylation sites is 2. The predicted molar refractivity (Wildman–Crippen MR) is 104 cm³/mol. The van der Waals surface area contributed by atoms with Crippen LogP contribution in [0.25, 0.3) is 16.6 Å². The summed E-state index contributed by atoms with van der Waals surface area (Å²) in [5, 5.41) is 1.11. The Morgan fingerprint density at radius 2 is 1.54 bits per heavy atom. The van der Waals surface area contributed by atoms with Gasteiger partial charge in [-0.3, -0.25) is 9.36 Å². The maximum Gasteiger partial charge on any atom is 0.336 e. The Kier molecular flexibility index (Phi) is 4.19. The highest BCUT2D eigenvalue weighted by Crippen LogP contribution is 2.15. The van der Waals surface area contributed by atoms with Crippen LogP contribution < -0.4 is 11.2 Å². The minimum atomic E-state index is -0.375. The molecule has 26 heavy (non-hydrogen) atoms. The maximum atomic E-state index is 13.2. The molecule has 4 nitrogen and oxygen atoms in total. The molecule has 0 aliphatic heterocycles. The minimum absolute atomic E-state index is 0.320. The van der Waals surface area contributed by atoms with Crippen molar-refractivity contribution in [3.63, 3.8) is 0 Å². The van der Waals surface area contributed by atoms with Crippen LogP contribution in [0.15, 0.2) is 88.5 Å². The minimum Gasteiger partial charge on any atom is -0.288 e. The monoisotopic (exact) mass is 362 g/mol. The Balaban J connectivity index is 2.03. The number of hydrogen-bond donors (Lipinski definition) is 0. The highest BCUT2D eigenvalue weighted by Gasteiger charge is 2.14. The molecule has 4 aromatic rings. The van der Waals surface area contributed by atoms with Crippen molar-refractivity contribution in [3.05, 3.63) is 110 Å². The lowest BCUT2D eigenvalue weighted by Gasteiger charge is -2.14.